The Labute approximate surface area is 161 Å². The molecule has 0 aliphatic heterocycles. The van der Waals surface area contributed by atoms with Gasteiger partial charge in [0.15, 0.2) is 0 Å². The third-order valence-electron chi connectivity index (χ3n) is 4.36. The number of ether oxygens (including phenoxy) is 1. The van der Waals surface area contributed by atoms with Crippen LogP contribution in [0.15, 0.2) is 48.7 Å². The molecule has 0 aliphatic carbocycles. The first-order chi connectivity index (χ1) is 13.5. The zero-order chi connectivity index (χ0) is 20.0. The average molecular weight is 389 g/mol. The van der Waals surface area contributed by atoms with E-state index in [4.69, 9.17) is 4.74 Å². The molecule has 0 spiro atoms. The Morgan fingerprint density at radius 1 is 0.929 bits per heavy atom. The molecule has 0 bridgehead atoms. The van der Waals surface area contributed by atoms with E-state index in [1.165, 1.54) is 12.8 Å². The first-order valence-corrected chi connectivity index (χ1v) is 9.29. The first-order valence-electron chi connectivity index (χ1n) is 9.29. The molecule has 0 radical (unpaired) electrons. The van der Waals surface area contributed by atoms with Gasteiger partial charge in [0.2, 0.25) is 0 Å². The summed E-state index contributed by atoms with van der Waals surface area (Å²) in [5.74, 6) is 0.802. The van der Waals surface area contributed by atoms with Gasteiger partial charge in [-0.3, -0.25) is 10.1 Å². The maximum Gasteiger partial charge on any atom is 0.432 e. The molecule has 0 saturated carbocycles. The normalized spacial score (nSPS) is 11.6. The minimum Gasteiger partial charge on any atom is -0.494 e. The molecule has 2 aromatic heterocycles. The third kappa shape index (κ3) is 5.12. The quantitative estimate of drug-likeness (QED) is 0.473. The number of H-pyrrole nitrogens is 1. The van der Waals surface area contributed by atoms with Crippen LogP contribution < -0.4 is 4.74 Å². The minimum atomic E-state index is -4.46. The van der Waals surface area contributed by atoms with Crippen LogP contribution in [0.5, 0.6) is 5.75 Å². The predicted octanol–water partition coefficient (Wildman–Crippen LogP) is 6.12. The van der Waals surface area contributed by atoms with E-state index in [1.807, 2.05) is 29.4 Å². The Bertz CT molecular complexity index is 888. The predicted molar refractivity (Wildman–Crippen MR) is 102 cm³/mol. The van der Waals surface area contributed by atoms with Gasteiger partial charge >= 0.3 is 6.18 Å². The van der Waals surface area contributed by atoms with Crippen molar-refractivity contribution in [3.8, 4) is 28.3 Å². The molecule has 7 heteroatoms. The van der Waals surface area contributed by atoms with E-state index in [1.54, 1.807) is 18.3 Å². The van der Waals surface area contributed by atoms with Crippen LogP contribution in [0.4, 0.5) is 13.2 Å². The summed E-state index contributed by atoms with van der Waals surface area (Å²) < 4.78 is 44.0. The second-order valence-electron chi connectivity index (χ2n) is 6.53. The number of hydrogen-bond donors (Lipinski definition) is 1. The fourth-order valence-electron chi connectivity index (χ4n) is 2.81. The van der Waals surface area contributed by atoms with Crippen LogP contribution in [-0.2, 0) is 6.18 Å². The Morgan fingerprint density at radius 2 is 1.71 bits per heavy atom. The van der Waals surface area contributed by atoms with Gasteiger partial charge in [0.1, 0.15) is 17.1 Å². The second kappa shape index (κ2) is 8.91. The van der Waals surface area contributed by atoms with Gasteiger partial charge in [0, 0.05) is 6.20 Å². The van der Waals surface area contributed by atoms with Crippen LogP contribution in [0.25, 0.3) is 22.5 Å². The number of alkyl halides is 3. The van der Waals surface area contributed by atoms with Crippen LogP contribution in [0.3, 0.4) is 0 Å². The van der Waals surface area contributed by atoms with Gasteiger partial charge in [-0.2, -0.15) is 18.3 Å². The van der Waals surface area contributed by atoms with Crippen molar-refractivity contribution < 1.29 is 17.9 Å². The lowest BCUT2D eigenvalue weighted by Gasteiger charge is -2.08. The molecular weight excluding hydrogens is 367 g/mol. The number of nitrogens with one attached hydrogen (secondary N) is 1. The maximum atomic E-state index is 12.7. The lowest BCUT2D eigenvalue weighted by atomic mass is 10.1. The fraction of sp³-hybridized carbons (Fsp3) is 0.333. The van der Waals surface area contributed by atoms with Crippen molar-refractivity contribution in [1.29, 1.82) is 0 Å². The van der Waals surface area contributed by atoms with Gasteiger partial charge in [0.05, 0.1) is 12.3 Å². The van der Waals surface area contributed by atoms with Gasteiger partial charge in [-0.15, -0.1) is 0 Å². The largest absolute Gasteiger partial charge is 0.494 e. The summed E-state index contributed by atoms with van der Waals surface area (Å²) >= 11 is 0. The average Bonchev–Trinajstić information content (AvgIpc) is 3.19. The molecule has 1 aromatic carbocycles. The summed E-state index contributed by atoms with van der Waals surface area (Å²) in [6.45, 7) is 2.87. The second-order valence-corrected chi connectivity index (χ2v) is 6.53. The number of hydrogen-bond acceptors (Lipinski definition) is 3. The lowest BCUT2D eigenvalue weighted by Crippen LogP contribution is -2.04. The first kappa shape index (κ1) is 19.9. The fourth-order valence-corrected chi connectivity index (χ4v) is 2.81. The monoisotopic (exact) mass is 389 g/mol. The lowest BCUT2D eigenvalue weighted by molar-refractivity contribution is -0.141. The molecule has 0 fully saturated rings. The topological polar surface area (TPSA) is 50.8 Å². The highest BCUT2D eigenvalue weighted by Crippen LogP contribution is 2.31. The molecule has 28 heavy (non-hydrogen) atoms. The van der Waals surface area contributed by atoms with Crippen LogP contribution >= 0.6 is 0 Å². The zero-order valence-electron chi connectivity index (χ0n) is 15.6. The Kier molecular flexibility index (Phi) is 6.34. The SMILES string of the molecule is CCCCCCOc1ccc(-c2ccnc(-c3cc(C(F)(F)F)[nH]n3)c2)cc1. The molecular formula is C21H22F3N3O. The molecule has 0 atom stereocenters. The van der Waals surface area contributed by atoms with Crippen LogP contribution in [0.2, 0.25) is 0 Å². The van der Waals surface area contributed by atoms with E-state index < -0.39 is 11.9 Å². The maximum absolute atomic E-state index is 12.7. The van der Waals surface area contributed by atoms with Gasteiger partial charge in [-0.25, -0.2) is 0 Å². The molecule has 0 unspecified atom stereocenters. The molecule has 0 amide bonds. The van der Waals surface area contributed by atoms with E-state index in [0.29, 0.717) is 12.3 Å². The number of pyridine rings is 1. The molecule has 0 aliphatic rings. The summed E-state index contributed by atoms with van der Waals surface area (Å²) in [6, 6.07) is 12.1. The van der Waals surface area contributed by atoms with E-state index in [0.717, 1.165) is 35.8 Å². The number of nitrogens with zero attached hydrogens (tertiary/aromatic N) is 2. The highest BCUT2D eigenvalue weighted by atomic mass is 19.4. The number of aromatic nitrogens is 3. The Balaban J connectivity index is 1.69. The van der Waals surface area contributed by atoms with Crippen molar-refractivity contribution in [3.05, 3.63) is 54.4 Å². The number of rotatable bonds is 8. The molecule has 3 aromatic rings. The summed E-state index contributed by atoms with van der Waals surface area (Å²) in [7, 11) is 0. The van der Waals surface area contributed by atoms with Crippen molar-refractivity contribution in [2.75, 3.05) is 6.61 Å². The van der Waals surface area contributed by atoms with Crippen LogP contribution in [0.1, 0.15) is 38.3 Å². The van der Waals surface area contributed by atoms with Crippen molar-refractivity contribution in [1.82, 2.24) is 15.2 Å². The van der Waals surface area contributed by atoms with E-state index in [-0.39, 0.29) is 5.69 Å². The smallest absolute Gasteiger partial charge is 0.432 e. The highest BCUT2D eigenvalue weighted by Gasteiger charge is 2.33. The molecule has 1 N–H and O–H groups in total. The standard InChI is InChI=1S/C21H22F3N3O/c1-2-3-4-5-12-28-17-8-6-15(7-9-17)16-10-11-25-18(13-16)19-14-20(27-26-19)21(22,23)24/h6-11,13-14H,2-5,12H2,1H3,(H,26,27). The molecule has 4 nitrogen and oxygen atoms in total. The molecule has 3 rings (SSSR count). The van der Waals surface area contributed by atoms with Crippen LogP contribution in [-0.4, -0.2) is 21.8 Å². The molecule has 2 heterocycles. The van der Waals surface area contributed by atoms with Crippen LogP contribution in [0, 0.1) is 0 Å². The summed E-state index contributed by atoms with van der Waals surface area (Å²) in [6.07, 6.45) is 1.70. The third-order valence-corrected chi connectivity index (χ3v) is 4.36. The van der Waals surface area contributed by atoms with Crippen molar-refractivity contribution in [2.24, 2.45) is 0 Å². The molecule has 0 saturated heterocycles. The van der Waals surface area contributed by atoms with Crippen molar-refractivity contribution in [3.63, 3.8) is 0 Å². The number of aromatic amines is 1. The van der Waals surface area contributed by atoms with Crippen molar-refractivity contribution >= 4 is 0 Å². The van der Waals surface area contributed by atoms with E-state index in [2.05, 4.69) is 17.0 Å². The van der Waals surface area contributed by atoms with E-state index in [9.17, 15) is 13.2 Å². The van der Waals surface area contributed by atoms with Crippen molar-refractivity contribution in [2.45, 2.75) is 38.8 Å². The summed E-state index contributed by atoms with van der Waals surface area (Å²) in [5, 5.41) is 5.74. The zero-order valence-corrected chi connectivity index (χ0v) is 15.6. The number of benzene rings is 1. The number of halogens is 3. The molecule has 148 valence electrons. The van der Waals surface area contributed by atoms with Gasteiger partial charge in [-0.05, 0) is 47.9 Å². The Hall–Kier alpha value is -2.83. The van der Waals surface area contributed by atoms with Gasteiger partial charge in [0.25, 0.3) is 0 Å². The number of unbranched alkanes of at least 4 members (excludes halogenated alkanes) is 3. The summed E-state index contributed by atoms with van der Waals surface area (Å²) in [5.41, 5.74) is 1.40. The summed E-state index contributed by atoms with van der Waals surface area (Å²) in [4.78, 5) is 4.14. The van der Waals surface area contributed by atoms with Gasteiger partial charge in [-0.1, -0.05) is 38.3 Å². The van der Waals surface area contributed by atoms with Gasteiger partial charge < -0.3 is 4.74 Å². The minimum absolute atomic E-state index is 0.154. The Morgan fingerprint density at radius 3 is 2.39 bits per heavy atom. The highest BCUT2D eigenvalue weighted by molar-refractivity contribution is 5.69. The van der Waals surface area contributed by atoms with E-state index >= 15 is 0 Å².